The third-order valence-corrected chi connectivity index (χ3v) is 3.92. The van der Waals surface area contributed by atoms with Gasteiger partial charge in [0.15, 0.2) is 5.11 Å². The maximum atomic E-state index is 5.31. The fourth-order valence-electron chi connectivity index (χ4n) is 2.63. The van der Waals surface area contributed by atoms with Crippen molar-refractivity contribution in [3.05, 3.63) is 17.5 Å². The second-order valence-corrected chi connectivity index (χ2v) is 5.97. The number of thiocarbonyl (C=S) groups is 1. The van der Waals surface area contributed by atoms with Crippen molar-refractivity contribution in [3.63, 3.8) is 0 Å². The van der Waals surface area contributed by atoms with Gasteiger partial charge in [0.05, 0.1) is 0 Å². The Kier molecular flexibility index (Phi) is 5.11. The van der Waals surface area contributed by atoms with E-state index in [4.69, 9.17) is 12.2 Å². The molecule has 0 spiro atoms. The Morgan fingerprint density at radius 2 is 1.85 bits per heavy atom. The maximum Gasteiger partial charge on any atom is 0.242 e. The van der Waals surface area contributed by atoms with Gasteiger partial charge in [-0.25, -0.2) is 9.97 Å². The highest BCUT2D eigenvalue weighted by molar-refractivity contribution is 7.80. The highest BCUT2D eigenvalue weighted by Crippen LogP contribution is 2.23. The molecular weight excluding hydrogens is 270 g/mol. The van der Waals surface area contributed by atoms with E-state index in [9.17, 15) is 0 Å². The number of nitrogens with zero attached hydrogens (tertiary/aromatic N) is 2. The van der Waals surface area contributed by atoms with E-state index in [0.29, 0.717) is 23.0 Å². The summed E-state index contributed by atoms with van der Waals surface area (Å²) in [6.45, 7) is 6.17. The first-order valence-electron chi connectivity index (χ1n) is 7.19. The van der Waals surface area contributed by atoms with Crippen LogP contribution in [0.2, 0.25) is 0 Å². The average Bonchev–Trinajstić information content (AvgIpc) is 2.38. The molecular formula is C14H23N5S. The van der Waals surface area contributed by atoms with E-state index in [1.807, 2.05) is 19.9 Å². The minimum Gasteiger partial charge on any atom is -0.358 e. The molecule has 1 aliphatic rings. The molecule has 0 bridgehead atoms. The highest BCUT2D eigenvalue weighted by atomic mass is 32.1. The van der Waals surface area contributed by atoms with Gasteiger partial charge in [-0.05, 0) is 50.9 Å². The molecule has 0 radical (unpaired) electrons. The molecule has 0 unspecified atom stereocenters. The Morgan fingerprint density at radius 3 is 2.50 bits per heavy atom. The van der Waals surface area contributed by atoms with E-state index in [1.165, 1.54) is 25.7 Å². The van der Waals surface area contributed by atoms with E-state index in [1.54, 1.807) is 0 Å². The zero-order chi connectivity index (χ0) is 14.5. The molecule has 0 aromatic carbocycles. The molecule has 1 aliphatic carbocycles. The lowest BCUT2D eigenvalue weighted by Crippen LogP contribution is -2.47. The van der Waals surface area contributed by atoms with Gasteiger partial charge in [-0.1, -0.05) is 19.8 Å². The SMILES string of the molecule is Cc1cc(C)nc(NNC(=S)N[C@@H]2CCCC[C@H]2C)n1. The van der Waals surface area contributed by atoms with Gasteiger partial charge in [0.2, 0.25) is 5.95 Å². The number of nitrogens with one attached hydrogen (secondary N) is 3. The minimum absolute atomic E-state index is 0.464. The molecule has 110 valence electrons. The average molecular weight is 293 g/mol. The summed E-state index contributed by atoms with van der Waals surface area (Å²) in [7, 11) is 0. The predicted molar refractivity (Wildman–Crippen MR) is 85.4 cm³/mol. The second kappa shape index (κ2) is 6.83. The third-order valence-electron chi connectivity index (χ3n) is 3.70. The molecule has 1 heterocycles. The number of hydrogen-bond acceptors (Lipinski definition) is 4. The molecule has 3 N–H and O–H groups in total. The number of anilines is 1. The summed E-state index contributed by atoms with van der Waals surface area (Å²) in [5, 5.41) is 3.97. The lowest BCUT2D eigenvalue weighted by molar-refractivity contribution is 0.308. The number of aryl methyl sites for hydroxylation is 2. The molecule has 5 nitrogen and oxygen atoms in total. The van der Waals surface area contributed by atoms with Gasteiger partial charge in [-0.2, -0.15) is 0 Å². The fraction of sp³-hybridized carbons (Fsp3) is 0.643. The summed E-state index contributed by atoms with van der Waals surface area (Å²) in [6, 6.07) is 2.40. The number of rotatable bonds is 3. The predicted octanol–water partition coefficient (Wildman–Crippen LogP) is 2.46. The Bertz CT molecular complexity index is 456. The Morgan fingerprint density at radius 1 is 1.20 bits per heavy atom. The topological polar surface area (TPSA) is 61.9 Å². The van der Waals surface area contributed by atoms with Crippen molar-refractivity contribution >= 4 is 23.3 Å². The van der Waals surface area contributed by atoms with Gasteiger partial charge >= 0.3 is 0 Å². The highest BCUT2D eigenvalue weighted by Gasteiger charge is 2.21. The van der Waals surface area contributed by atoms with Gasteiger partial charge in [0.25, 0.3) is 0 Å². The Hall–Kier alpha value is -1.43. The minimum atomic E-state index is 0.464. The van der Waals surface area contributed by atoms with Crippen molar-refractivity contribution in [3.8, 4) is 0 Å². The first-order valence-corrected chi connectivity index (χ1v) is 7.60. The molecule has 1 saturated carbocycles. The Balaban J connectivity index is 1.82. The normalized spacial score (nSPS) is 22.1. The van der Waals surface area contributed by atoms with Crippen LogP contribution in [0.5, 0.6) is 0 Å². The van der Waals surface area contributed by atoms with Crippen LogP contribution in [0.25, 0.3) is 0 Å². The monoisotopic (exact) mass is 293 g/mol. The van der Waals surface area contributed by atoms with Gasteiger partial charge in [0.1, 0.15) is 0 Å². The molecule has 0 saturated heterocycles. The van der Waals surface area contributed by atoms with Gasteiger partial charge in [0, 0.05) is 17.4 Å². The van der Waals surface area contributed by atoms with Crippen LogP contribution in [0.4, 0.5) is 5.95 Å². The fourth-order valence-corrected chi connectivity index (χ4v) is 2.83. The number of aromatic nitrogens is 2. The van der Waals surface area contributed by atoms with Crippen LogP contribution in [0, 0.1) is 19.8 Å². The van der Waals surface area contributed by atoms with Crippen molar-refractivity contribution in [2.45, 2.75) is 52.5 Å². The van der Waals surface area contributed by atoms with Crippen LogP contribution in [0.1, 0.15) is 44.0 Å². The summed E-state index contributed by atoms with van der Waals surface area (Å²) in [5.41, 5.74) is 7.79. The van der Waals surface area contributed by atoms with E-state index >= 15 is 0 Å². The molecule has 1 aromatic heterocycles. The van der Waals surface area contributed by atoms with Gasteiger partial charge < -0.3 is 5.32 Å². The van der Waals surface area contributed by atoms with Gasteiger partial charge in [-0.3, -0.25) is 10.9 Å². The van der Waals surface area contributed by atoms with Crippen molar-refractivity contribution in [2.24, 2.45) is 5.92 Å². The van der Waals surface area contributed by atoms with E-state index in [0.717, 1.165) is 11.4 Å². The van der Waals surface area contributed by atoms with E-state index in [-0.39, 0.29) is 0 Å². The molecule has 2 atom stereocenters. The lowest BCUT2D eigenvalue weighted by Gasteiger charge is -2.30. The molecule has 1 fully saturated rings. The van der Waals surface area contributed by atoms with Crippen LogP contribution < -0.4 is 16.2 Å². The van der Waals surface area contributed by atoms with Crippen molar-refractivity contribution < 1.29 is 0 Å². The number of hydrogen-bond donors (Lipinski definition) is 3. The lowest BCUT2D eigenvalue weighted by atomic mass is 9.86. The zero-order valence-electron chi connectivity index (χ0n) is 12.4. The van der Waals surface area contributed by atoms with Crippen molar-refractivity contribution in [2.75, 3.05) is 5.43 Å². The summed E-state index contributed by atoms with van der Waals surface area (Å²) < 4.78 is 0. The van der Waals surface area contributed by atoms with E-state index in [2.05, 4.69) is 33.1 Å². The number of hydrazine groups is 1. The smallest absolute Gasteiger partial charge is 0.242 e. The summed E-state index contributed by atoms with van der Waals surface area (Å²) in [6.07, 6.45) is 5.06. The quantitative estimate of drug-likeness (QED) is 0.588. The molecule has 6 heteroatoms. The summed E-state index contributed by atoms with van der Waals surface area (Å²) in [4.78, 5) is 8.59. The Labute approximate surface area is 125 Å². The molecule has 0 aliphatic heterocycles. The molecule has 1 aromatic rings. The molecule has 0 amide bonds. The van der Waals surface area contributed by atoms with Crippen LogP contribution in [0.3, 0.4) is 0 Å². The molecule has 20 heavy (non-hydrogen) atoms. The van der Waals surface area contributed by atoms with Crippen LogP contribution >= 0.6 is 12.2 Å². The maximum absolute atomic E-state index is 5.31. The summed E-state index contributed by atoms with van der Waals surface area (Å²) >= 11 is 5.31. The van der Waals surface area contributed by atoms with Crippen LogP contribution in [-0.2, 0) is 0 Å². The first kappa shape index (κ1) is 15.0. The van der Waals surface area contributed by atoms with Crippen LogP contribution in [0.15, 0.2) is 6.07 Å². The summed E-state index contributed by atoms with van der Waals surface area (Å²) in [5.74, 6) is 1.21. The van der Waals surface area contributed by atoms with E-state index < -0.39 is 0 Å². The largest absolute Gasteiger partial charge is 0.358 e. The van der Waals surface area contributed by atoms with Crippen molar-refractivity contribution in [1.29, 1.82) is 0 Å². The standard InChI is InChI=1S/C14H23N5S/c1-9-6-4-5-7-12(9)17-14(20)19-18-13-15-10(2)8-11(3)16-13/h8-9,12H,4-7H2,1-3H3,(H,15,16,18)(H2,17,19,20)/t9-,12-/m1/s1. The van der Waals surface area contributed by atoms with Gasteiger partial charge in [-0.15, -0.1) is 0 Å². The zero-order valence-corrected chi connectivity index (χ0v) is 13.2. The molecule has 2 rings (SSSR count). The first-order chi connectivity index (χ1) is 9.54. The third kappa shape index (κ3) is 4.30. The van der Waals surface area contributed by atoms with Crippen molar-refractivity contribution in [1.82, 2.24) is 20.7 Å². The second-order valence-electron chi connectivity index (χ2n) is 5.57. The van der Waals surface area contributed by atoms with Crippen LogP contribution in [-0.4, -0.2) is 21.1 Å².